The number of ether oxygens (including phenoxy) is 1. The Morgan fingerprint density at radius 1 is 1.38 bits per heavy atom. The number of aromatic nitrogens is 1. The lowest BCUT2D eigenvalue weighted by Crippen LogP contribution is -2.53. The first-order valence-corrected chi connectivity index (χ1v) is 11.8. The van der Waals surface area contributed by atoms with E-state index in [2.05, 4.69) is 39.8 Å². The minimum absolute atomic E-state index is 0.330. The zero-order chi connectivity index (χ0) is 19.2. The van der Waals surface area contributed by atoms with Crippen LogP contribution in [0.25, 0.3) is 0 Å². The second-order valence-electron chi connectivity index (χ2n) is 6.94. The van der Waals surface area contributed by atoms with E-state index in [1.54, 1.807) is 11.3 Å². The average molecular weight is 403 g/mol. The van der Waals surface area contributed by atoms with Crippen LogP contribution in [0.15, 0.2) is 10.4 Å². The minimum Gasteiger partial charge on any atom is -0.381 e. The van der Waals surface area contributed by atoms with E-state index >= 15 is 0 Å². The lowest BCUT2D eigenvalue weighted by molar-refractivity contribution is 0.0756. The Balaban J connectivity index is 2.06. The maximum atomic E-state index is 12.4. The van der Waals surface area contributed by atoms with Crippen molar-refractivity contribution in [1.29, 1.82) is 0 Å². The van der Waals surface area contributed by atoms with E-state index in [-0.39, 0.29) is 0 Å². The zero-order valence-electron chi connectivity index (χ0n) is 16.0. The Morgan fingerprint density at radius 3 is 2.62 bits per heavy atom. The summed E-state index contributed by atoms with van der Waals surface area (Å²) >= 11 is 1.60. The number of thiazole rings is 1. The molecule has 1 fully saturated rings. The van der Waals surface area contributed by atoms with Crippen molar-refractivity contribution in [3.63, 3.8) is 0 Å². The van der Waals surface area contributed by atoms with Crippen molar-refractivity contribution in [2.45, 2.75) is 50.8 Å². The molecule has 0 saturated carbocycles. The van der Waals surface area contributed by atoms with E-state index in [1.165, 1.54) is 6.26 Å². The summed E-state index contributed by atoms with van der Waals surface area (Å²) in [5, 5.41) is 9.42. The molecule has 148 valence electrons. The Kier molecular flexibility index (Phi) is 7.42. The number of sulfone groups is 1. The Labute approximate surface area is 160 Å². The van der Waals surface area contributed by atoms with Gasteiger partial charge in [0.25, 0.3) is 0 Å². The molecule has 1 aromatic rings. The first-order valence-electron chi connectivity index (χ1n) is 9.01. The lowest BCUT2D eigenvalue weighted by Gasteiger charge is -2.35. The normalized spacial score (nSPS) is 18.1. The smallest absolute Gasteiger partial charge is 0.191 e. The largest absolute Gasteiger partial charge is 0.381 e. The molecule has 7 nitrogen and oxygen atoms in total. The second-order valence-corrected chi connectivity index (χ2v) is 10.3. The lowest BCUT2D eigenvalue weighted by atomic mass is 9.99. The third-order valence-electron chi connectivity index (χ3n) is 4.65. The van der Waals surface area contributed by atoms with Crippen molar-refractivity contribution in [3.8, 4) is 0 Å². The first kappa shape index (κ1) is 21.1. The van der Waals surface area contributed by atoms with Crippen molar-refractivity contribution in [2.75, 3.05) is 32.6 Å². The van der Waals surface area contributed by atoms with Gasteiger partial charge in [0, 0.05) is 37.9 Å². The number of hydrogen-bond acceptors (Lipinski definition) is 6. The predicted molar refractivity (Wildman–Crippen MR) is 107 cm³/mol. The Bertz CT molecular complexity index is 707. The van der Waals surface area contributed by atoms with E-state index in [0.717, 1.165) is 10.7 Å². The van der Waals surface area contributed by atoms with Crippen LogP contribution >= 0.6 is 11.3 Å². The average Bonchev–Trinajstić information content (AvgIpc) is 3.06. The summed E-state index contributed by atoms with van der Waals surface area (Å²) in [7, 11) is -3.21. The van der Waals surface area contributed by atoms with E-state index in [9.17, 15) is 8.42 Å². The van der Waals surface area contributed by atoms with Crippen molar-refractivity contribution < 1.29 is 13.2 Å². The van der Waals surface area contributed by atoms with Crippen molar-refractivity contribution in [3.05, 3.63) is 16.1 Å². The molecule has 0 aliphatic carbocycles. The highest BCUT2D eigenvalue weighted by molar-refractivity contribution is 7.92. The van der Waals surface area contributed by atoms with Gasteiger partial charge >= 0.3 is 0 Å². The molecule has 1 saturated heterocycles. The molecular formula is C17H30N4O3S2. The SMILES string of the molecule is CCNC(=NCc1nc(C(C)C)cs1)NCC1(S(C)(=O)=O)CCOCC1. The summed E-state index contributed by atoms with van der Waals surface area (Å²) in [4.78, 5) is 9.16. The number of nitrogens with zero attached hydrogens (tertiary/aromatic N) is 2. The van der Waals surface area contributed by atoms with Gasteiger partial charge in [-0.1, -0.05) is 13.8 Å². The molecule has 0 aromatic carbocycles. The molecule has 1 aliphatic heterocycles. The molecule has 26 heavy (non-hydrogen) atoms. The van der Waals surface area contributed by atoms with E-state index in [4.69, 9.17) is 4.74 Å². The van der Waals surface area contributed by atoms with Crippen molar-refractivity contribution >= 4 is 27.1 Å². The molecule has 0 atom stereocenters. The van der Waals surface area contributed by atoms with Crippen LogP contribution in [0.4, 0.5) is 0 Å². The molecule has 2 heterocycles. The van der Waals surface area contributed by atoms with Crippen LogP contribution in [0, 0.1) is 0 Å². The van der Waals surface area contributed by atoms with Gasteiger partial charge in [0.05, 0.1) is 17.0 Å². The van der Waals surface area contributed by atoms with Gasteiger partial charge in [0.15, 0.2) is 15.8 Å². The quantitative estimate of drug-likeness (QED) is 0.535. The van der Waals surface area contributed by atoms with Crippen LogP contribution in [-0.4, -0.2) is 56.7 Å². The molecule has 9 heteroatoms. The monoisotopic (exact) mass is 402 g/mol. The molecule has 0 spiro atoms. The standard InChI is InChI=1S/C17H30N4O3S2/c1-5-18-16(19-10-15-21-14(11-25-15)13(2)3)20-12-17(26(4,22)23)6-8-24-9-7-17/h11,13H,5-10,12H2,1-4H3,(H2,18,19,20). The van der Waals surface area contributed by atoms with Crippen LogP contribution in [-0.2, 0) is 21.1 Å². The van der Waals surface area contributed by atoms with Crippen LogP contribution < -0.4 is 10.6 Å². The summed E-state index contributed by atoms with van der Waals surface area (Å²) < 4.78 is 29.3. The van der Waals surface area contributed by atoms with Gasteiger partial charge in [0.1, 0.15) is 5.01 Å². The van der Waals surface area contributed by atoms with Gasteiger partial charge in [-0.05, 0) is 25.7 Å². The first-order chi connectivity index (χ1) is 12.3. The van der Waals surface area contributed by atoms with Crippen LogP contribution in [0.5, 0.6) is 0 Å². The van der Waals surface area contributed by atoms with Crippen LogP contribution in [0.2, 0.25) is 0 Å². The molecule has 1 aliphatic rings. The van der Waals surface area contributed by atoms with E-state index in [0.29, 0.717) is 57.6 Å². The van der Waals surface area contributed by atoms with E-state index in [1.807, 2.05) is 6.92 Å². The molecule has 0 amide bonds. The number of rotatable bonds is 7. The topological polar surface area (TPSA) is 92.7 Å². The van der Waals surface area contributed by atoms with Crippen LogP contribution in [0.1, 0.15) is 50.2 Å². The summed E-state index contributed by atoms with van der Waals surface area (Å²) in [6.45, 7) is 8.67. The van der Waals surface area contributed by atoms with Gasteiger partial charge in [-0.25, -0.2) is 18.4 Å². The number of aliphatic imine (C=N–C) groups is 1. The van der Waals surface area contributed by atoms with Gasteiger partial charge in [-0.15, -0.1) is 11.3 Å². The fourth-order valence-corrected chi connectivity index (χ4v) is 4.94. The zero-order valence-corrected chi connectivity index (χ0v) is 17.7. The Hall–Kier alpha value is -1.19. The van der Waals surface area contributed by atoms with Gasteiger partial charge in [0.2, 0.25) is 0 Å². The Morgan fingerprint density at radius 2 is 2.08 bits per heavy atom. The highest BCUT2D eigenvalue weighted by atomic mass is 32.2. The van der Waals surface area contributed by atoms with Gasteiger partial charge in [-0.2, -0.15) is 0 Å². The van der Waals surface area contributed by atoms with Crippen LogP contribution in [0.3, 0.4) is 0 Å². The summed E-state index contributed by atoms with van der Waals surface area (Å²) in [6.07, 6.45) is 2.32. The minimum atomic E-state index is -3.21. The third kappa shape index (κ3) is 5.40. The number of hydrogen-bond donors (Lipinski definition) is 2. The summed E-state index contributed by atoms with van der Waals surface area (Å²) in [6, 6.07) is 0. The van der Waals surface area contributed by atoms with Crippen molar-refractivity contribution in [1.82, 2.24) is 15.6 Å². The fourth-order valence-electron chi connectivity index (χ4n) is 2.82. The highest BCUT2D eigenvalue weighted by Crippen LogP contribution is 2.28. The number of guanidine groups is 1. The molecular weight excluding hydrogens is 372 g/mol. The highest BCUT2D eigenvalue weighted by Gasteiger charge is 2.42. The maximum absolute atomic E-state index is 12.4. The molecule has 2 rings (SSSR count). The molecule has 2 N–H and O–H groups in total. The molecule has 0 bridgehead atoms. The third-order valence-corrected chi connectivity index (χ3v) is 7.62. The number of nitrogens with one attached hydrogen (secondary N) is 2. The summed E-state index contributed by atoms with van der Waals surface area (Å²) in [5.74, 6) is 1.02. The molecule has 0 radical (unpaired) electrons. The van der Waals surface area contributed by atoms with E-state index < -0.39 is 14.6 Å². The fraction of sp³-hybridized carbons (Fsp3) is 0.765. The molecule has 0 unspecified atom stereocenters. The predicted octanol–water partition coefficient (Wildman–Crippen LogP) is 1.92. The van der Waals surface area contributed by atoms with Gasteiger partial charge < -0.3 is 15.4 Å². The van der Waals surface area contributed by atoms with Crippen molar-refractivity contribution in [2.24, 2.45) is 4.99 Å². The molecule has 1 aromatic heterocycles. The summed E-state index contributed by atoms with van der Waals surface area (Å²) in [5.41, 5.74) is 1.08. The van der Waals surface area contributed by atoms with Gasteiger partial charge in [-0.3, -0.25) is 0 Å². The maximum Gasteiger partial charge on any atom is 0.191 e. The second kappa shape index (κ2) is 9.14.